The monoisotopic (exact) mass is 384 g/mol. The first-order chi connectivity index (χ1) is 13.0. The molecular formula is C20H21FN4OS. The van der Waals surface area contributed by atoms with Crippen LogP contribution in [0, 0.1) is 5.82 Å². The van der Waals surface area contributed by atoms with Crippen LogP contribution >= 0.6 is 12.2 Å². The molecule has 0 aliphatic heterocycles. The fourth-order valence-corrected chi connectivity index (χ4v) is 3.35. The van der Waals surface area contributed by atoms with Crippen molar-refractivity contribution in [2.45, 2.75) is 18.9 Å². The Morgan fingerprint density at radius 1 is 1.37 bits per heavy atom. The maximum Gasteiger partial charge on any atom is 0.251 e. The van der Waals surface area contributed by atoms with E-state index in [9.17, 15) is 9.18 Å². The molecule has 0 radical (unpaired) electrons. The maximum atomic E-state index is 13.9. The number of halogens is 1. The van der Waals surface area contributed by atoms with Crippen molar-refractivity contribution in [3.8, 4) is 0 Å². The predicted molar refractivity (Wildman–Crippen MR) is 108 cm³/mol. The van der Waals surface area contributed by atoms with E-state index in [0.717, 1.165) is 11.3 Å². The number of hydrogen-bond acceptors (Lipinski definition) is 4. The average Bonchev–Trinajstić information content (AvgIpc) is 3.08. The van der Waals surface area contributed by atoms with Crippen LogP contribution in [-0.2, 0) is 18.3 Å². The molecule has 27 heavy (non-hydrogen) atoms. The second-order valence-corrected chi connectivity index (χ2v) is 6.98. The fraction of sp³-hybridized carbons (Fsp3) is 0.250. The summed E-state index contributed by atoms with van der Waals surface area (Å²) in [4.78, 5) is 13.4. The molecule has 1 aromatic carbocycles. The molecule has 3 rings (SSSR count). The smallest absolute Gasteiger partial charge is 0.251 e. The Labute approximate surface area is 162 Å². The molecule has 0 saturated heterocycles. The molecule has 7 heteroatoms. The van der Waals surface area contributed by atoms with Crippen LogP contribution in [0.4, 0.5) is 4.39 Å². The van der Waals surface area contributed by atoms with Crippen molar-refractivity contribution in [3.63, 3.8) is 0 Å². The number of benzene rings is 1. The van der Waals surface area contributed by atoms with Crippen LogP contribution in [0.5, 0.6) is 0 Å². The van der Waals surface area contributed by atoms with E-state index in [1.165, 1.54) is 6.07 Å². The third kappa shape index (κ3) is 4.56. The molecule has 1 aliphatic carbocycles. The molecule has 2 aromatic rings. The van der Waals surface area contributed by atoms with Gasteiger partial charge in [-0.2, -0.15) is 5.10 Å². The minimum atomic E-state index is -0.376. The summed E-state index contributed by atoms with van der Waals surface area (Å²) >= 11 is 5.36. The van der Waals surface area contributed by atoms with Gasteiger partial charge in [-0.15, -0.1) is 0 Å². The fourth-order valence-electron chi connectivity index (χ4n) is 3.07. The molecule has 140 valence electrons. The Morgan fingerprint density at radius 2 is 2.15 bits per heavy atom. The van der Waals surface area contributed by atoms with E-state index >= 15 is 0 Å². The number of hydrogen-bond donors (Lipinski definition) is 2. The summed E-state index contributed by atoms with van der Waals surface area (Å²) in [5, 5.41) is 7.05. The molecular weight excluding hydrogens is 363 g/mol. The second-order valence-electron chi connectivity index (χ2n) is 6.45. The molecule has 1 atom stereocenters. The van der Waals surface area contributed by atoms with E-state index in [-0.39, 0.29) is 24.3 Å². The highest BCUT2D eigenvalue weighted by Crippen LogP contribution is 2.25. The first kappa shape index (κ1) is 19.1. The highest BCUT2D eigenvalue weighted by molar-refractivity contribution is 7.80. The number of nitrogens with two attached hydrogens (primary N) is 1. The van der Waals surface area contributed by atoms with Gasteiger partial charge in [0.15, 0.2) is 0 Å². The van der Waals surface area contributed by atoms with Crippen molar-refractivity contribution < 1.29 is 9.18 Å². The van der Waals surface area contributed by atoms with Gasteiger partial charge in [0, 0.05) is 42.7 Å². The standard InChI is InChI=1S/C20H21FN4OS/c1-25-19(6-7-23-25)14-8-15(11-17(27)10-14)20(26)24-16(12-22)9-13-4-2-3-5-18(13)21/h2-8,11,16H,9-10,12,22H2,1H3,(H,24,26)/t16-/m0/s1. The number of allylic oxidation sites excluding steroid dienone is 2. The zero-order valence-electron chi connectivity index (χ0n) is 15.0. The molecule has 5 nitrogen and oxygen atoms in total. The molecule has 1 aromatic heterocycles. The Kier molecular flexibility index (Phi) is 5.93. The van der Waals surface area contributed by atoms with Crippen molar-refractivity contribution in [2.24, 2.45) is 12.8 Å². The normalized spacial score (nSPS) is 15.1. The second kappa shape index (κ2) is 8.37. The van der Waals surface area contributed by atoms with Crippen LogP contribution in [0.2, 0.25) is 0 Å². The van der Waals surface area contributed by atoms with Crippen LogP contribution in [-0.4, -0.2) is 33.1 Å². The molecule has 0 saturated carbocycles. The lowest BCUT2D eigenvalue weighted by Crippen LogP contribution is -2.42. The Bertz CT molecular complexity index is 932. The van der Waals surface area contributed by atoms with Crippen LogP contribution in [0.3, 0.4) is 0 Å². The SMILES string of the molecule is Cn1nccc1C1=CC(C(=O)N[C@H](CN)Cc2ccccc2F)=CC(=S)C1. The van der Waals surface area contributed by atoms with E-state index in [2.05, 4.69) is 10.4 Å². The summed E-state index contributed by atoms with van der Waals surface area (Å²) < 4.78 is 15.6. The average molecular weight is 384 g/mol. The first-order valence-electron chi connectivity index (χ1n) is 8.65. The molecule has 0 fully saturated rings. The number of nitrogens with one attached hydrogen (secondary N) is 1. The summed E-state index contributed by atoms with van der Waals surface area (Å²) in [5.41, 5.74) is 8.63. The van der Waals surface area contributed by atoms with E-state index in [1.807, 2.05) is 19.2 Å². The number of carbonyl (C=O) groups excluding carboxylic acids is 1. The molecule has 0 spiro atoms. The van der Waals surface area contributed by atoms with Crippen molar-refractivity contribution in [1.29, 1.82) is 0 Å². The summed E-state index contributed by atoms with van der Waals surface area (Å²) in [6, 6.07) is 8.00. The minimum absolute atomic E-state index is 0.204. The van der Waals surface area contributed by atoms with Gasteiger partial charge >= 0.3 is 0 Å². The molecule has 1 heterocycles. The number of amides is 1. The van der Waals surface area contributed by atoms with Crippen LogP contribution in [0.25, 0.3) is 5.57 Å². The van der Waals surface area contributed by atoms with E-state index in [4.69, 9.17) is 18.0 Å². The van der Waals surface area contributed by atoms with Crippen molar-refractivity contribution in [3.05, 3.63) is 71.3 Å². The highest BCUT2D eigenvalue weighted by Gasteiger charge is 2.20. The molecule has 1 amide bonds. The Hall–Kier alpha value is -2.64. The van der Waals surface area contributed by atoms with Gasteiger partial charge in [0.1, 0.15) is 5.82 Å². The number of aromatic nitrogens is 2. The largest absolute Gasteiger partial charge is 0.348 e. The predicted octanol–water partition coefficient (Wildman–Crippen LogP) is 2.33. The maximum absolute atomic E-state index is 13.9. The topological polar surface area (TPSA) is 72.9 Å². The third-order valence-electron chi connectivity index (χ3n) is 4.47. The summed E-state index contributed by atoms with van der Waals surface area (Å²) in [6.07, 6.45) is 6.13. The van der Waals surface area contributed by atoms with Crippen molar-refractivity contribution in [2.75, 3.05) is 6.54 Å². The lowest BCUT2D eigenvalue weighted by Gasteiger charge is -2.20. The minimum Gasteiger partial charge on any atom is -0.348 e. The van der Waals surface area contributed by atoms with E-state index in [0.29, 0.717) is 28.8 Å². The summed E-state index contributed by atoms with van der Waals surface area (Å²) in [7, 11) is 1.84. The van der Waals surface area contributed by atoms with Gasteiger partial charge < -0.3 is 11.1 Å². The zero-order chi connectivity index (χ0) is 19.4. The van der Waals surface area contributed by atoms with Gasteiger partial charge in [0.2, 0.25) is 0 Å². The Balaban J connectivity index is 1.75. The van der Waals surface area contributed by atoms with Gasteiger partial charge in [0.25, 0.3) is 5.91 Å². The van der Waals surface area contributed by atoms with E-state index < -0.39 is 0 Å². The van der Waals surface area contributed by atoms with Gasteiger partial charge in [-0.1, -0.05) is 30.4 Å². The van der Waals surface area contributed by atoms with Crippen LogP contribution in [0.1, 0.15) is 17.7 Å². The lowest BCUT2D eigenvalue weighted by molar-refractivity contribution is -0.117. The number of rotatable bonds is 6. The highest BCUT2D eigenvalue weighted by atomic mass is 32.1. The summed E-state index contributed by atoms with van der Waals surface area (Å²) in [6.45, 7) is 0.204. The van der Waals surface area contributed by atoms with Crippen molar-refractivity contribution >= 4 is 28.6 Å². The first-order valence-corrected chi connectivity index (χ1v) is 9.06. The van der Waals surface area contributed by atoms with Crippen LogP contribution < -0.4 is 11.1 Å². The quantitative estimate of drug-likeness (QED) is 0.750. The third-order valence-corrected chi connectivity index (χ3v) is 4.73. The van der Waals surface area contributed by atoms with Crippen molar-refractivity contribution in [1.82, 2.24) is 15.1 Å². The van der Waals surface area contributed by atoms with Gasteiger partial charge in [0.05, 0.1) is 5.69 Å². The van der Waals surface area contributed by atoms with E-state index in [1.54, 1.807) is 35.2 Å². The lowest BCUT2D eigenvalue weighted by atomic mass is 9.96. The van der Waals surface area contributed by atoms with Gasteiger partial charge in [-0.3, -0.25) is 9.48 Å². The molecule has 1 aliphatic rings. The number of aryl methyl sites for hydroxylation is 1. The molecule has 3 N–H and O–H groups in total. The van der Waals surface area contributed by atoms with Crippen LogP contribution in [0.15, 0.2) is 54.3 Å². The number of carbonyl (C=O) groups is 1. The Morgan fingerprint density at radius 3 is 2.81 bits per heavy atom. The van der Waals surface area contributed by atoms with Gasteiger partial charge in [-0.05, 0) is 41.8 Å². The number of thiocarbonyl (C=S) groups is 1. The molecule has 0 unspecified atom stereocenters. The van der Waals surface area contributed by atoms with Gasteiger partial charge in [-0.25, -0.2) is 4.39 Å². The zero-order valence-corrected chi connectivity index (χ0v) is 15.8. The number of nitrogens with zero attached hydrogens (tertiary/aromatic N) is 2. The molecule has 0 bridgehead atoms. The summed E-state index contributed by atoms with van der Waals surface area (Å²) in [5.74, 6) is -0.579.